The van der Waals surface area contributed by atoms with Crippen LogP contribution in [0.5, 0.6) is 0 Å². The SMILES string of the molecule is Cl.N[C@@H]1CN(C(=O)Cc2cccc(C(F)(F)F)c2)C[C@H]1c1ccccc1. The molecule has 140 valence electrons. The molecule has 2 atom stereocenters. The number of carbonyl (C=O) groups excluding carboxylic acids is 1. The van der Waals surface area contributed by atoms with Crippen LogP contribution in [0, 0.1) is 0 Å². The molecule has 1 fully saturated rings. The lowest BCUT2D eigenvalue weighted by atomic mass is 9.95. The van der Waals surface area contributed by atoms with E-state index >= 15 is 0 Å². The molecule has 1 aliphatic rings. The smallest absolute Gasteiger partial charge is 0.340 e. The largest absolute Gasteiger partial charge is 0.416 e. The van der Waals surface area contributed by atoms with E-state index in [2.05, 4.69) is 0 Å². The molecule has 0 saturated carbocycles. The maximum Gasteiger partial charge on any atom is 0.416 e. The Balaban J connectivity index is 0.00000243. The van der Waals surface area contributed by atoms with Gasteiger partial charge in [-0.25, -0.2) is 0 Å². The summed E-state index contributed by atoms with van der Waals surface area (Å²) >= 11 is 0. The van der Waals surface area contributed by atoms with E-state index < -0.39 is 11.7 Å². The normalized spacial score (nSPS) is 19.9. The molecule has 7 heteroatoms. The molecule has 1 amide bonds. The lowest BCUT2D eigenvalue weighted by molar-refractivity contribution is -0.137. The van der Waals surface area contributed by atoms with Gasteiger partial charge in [0.25, 0.3) is 0 Å². The number of hydrogen-bond acceptors (Lipinski definition) is 2. The minimum atomic E-state index is -4.41. The molecule has 26 heavy (non-hydrogen) atoms. The molecule has 0 radical (unpaired) electrons. The van der Waals surface area contributed by atoms with Gasteiger partial charge in [-0.1, -0.05) is 48.5 Å². The summed E-state index contributed by atoms with van der Waals surface area (Å²) in [7, 11) is 0. The van der Waals surface area contributed by atoms with Crippen molar-refractivity contribution >= 4 is 18.3 Å². The van der Waals surface area contributed by atoms with E-state index in [4.69, 9.17) is 5.73 Å². The van der Waals surface area contributed by atoms with Crippen LogP contribution in [0.25, 0.3) is 0 Å². The number of nitrogens with two attached hydrogens (primary N) is 1. The summed E-state index contributed by atoms with van der Waals surface area (Å²) in [6, 6.07) is 14.5. The lowest BCUT2D eigenvalue weighted by Gasteiger charge is -2.17. The summed E-state index contributed by atoms with van der Waals surface area (Å²) in [6.45, 7) is 0.903. The first-order chi connectivity index (χ1) is 11.8. The average molecular weight is 385 g/mol. The molecule has 0 aliphatic carbocycles. The Morgan fingerprint density at radius 2 is 1.77 bits per heavy atom. The van der Waals surface area contributed by atoms with Crippen molar-refractivity contribution in [2.75, 3.05) is 13.1 Å². The zero-order chi connectivity index (χ0) is 18.0. The second kappa shape index (κ2) is 8.10. The van der Waals surface area contributed by atoms with E-state index in [1.54, 1.807) is 4.90 Å². The number of carbonyl (C=O) groups is 1. The predicted octanol–water partition coefficient (Wildman–Crippen LogP) is 3.62. The Morgan fingerprint density at radius 3 is 2.42 bits per heavy atom. The summed E-state index contributed by atoms with van der Waals surface area (Å²) < 4.78 is 38.4. The minimum absolute atomic E-state index is 0. The molecule has 1 aliphatic heterocycles. The van der Waals surface area contributed by atoms with E-state index in [-0.39, 0.29) is 36.7 Å². The highest BCUT2D eigenvalue weighted by Gasteiger charge is 2.34. The maximum atomic E-state index is 12.8. The molecule has 0 bridgehead atoms. The van der Waals surface area contributed by atoms with E-state index in [9.17, 15) is 18.0 Å². The lowest BCUT2D eigenvalue weighted by Crippen LogP contribution is -2.33. The highest BCUT2D eigenvalue weighted by Crippen LogP contribution is 2.30. The number of hydrogen-bond donors (Lipinski definition) is 1. The molecule has 2 N–H and O–H groups in total. The van der Waals surface area contributed by atoms with E-state index in [1.165, 1.54) is 12.1 Å². The maximum absolute atomic E-state index is 12.8. The Hall–Kier alpha value is -2.05. The van der Waals surface area contributed by atoms with E-state index in [0.717, 1.165) is 17.7 Å². The number of halogens is 4. The highest BCUT2D eigenvalue weighted by atomic mass is 35.5. The topological polar surface area (TPSA) is 46.3 Å². The van der Waals surface area contributed by atoms with Gasteiger partial charge in [0.15, 0.2) is 0 Å². The third-order valence-electron chi connectivity index (χ3n) is 4.56. The van der Waals surface area contributed by atoms with Crippen LogP contribution in [0.4, 0.5) is 13.2 Å². The van der Waals surface area contributed by atoms with Gasteiger partial charge in [-0.2, -0.15) is 13.2 Å². The van der Waals surface area contributed by atoms with Gasteiger partial charge in [0, 0.05) is 25.0 Å². The second-order valence-electron chi connectivity index (χ2n) is 6.35. The predicted molar refractivity (Wildman–Crippen MR) is 96.1 cm³/mol. The van der Waals surface area contributed by atoms with Crippen molar-refractivity contribution in [3.05, 3.63) is 71.3 Å². The van der Waals surface area contributed by atoms with Gasteiger partial charge in [-0.15, -0.1) is 12.4 Å². The zero-order valence-corrected chi connectivity index (χ0v) is 14.8. The molecule has 0 spiro atoms. The quantitative estimate of drug-likeness (QED) is 0.878. The monoisotopic (exact) mass is 384 g/mol. The second-order valence-corrected chi connectivity index (χ2v) is 6.35. The standard InChI is InChI=1S/C19H19F3N2O.ClH/c20-19(21,22)15-8-4-5-13(9-15)10-18(25)24-11-16(17(23)12-24)14-6-2-1-3-7-14;/h1-9,16-17H,10-12,23H2;1H/t16-,17+;/m0./s1. The Labute approximate surface area is 156 Å². The molecule has 1 saturated heterocycles. The van der Waals surface area contributed by atoms with Gasteiger partial charge in [0.05, 0.1) is 12.0 Å². The number of amides is 1. The fraction of sp³-hybridized carbons (Fsp3) is 0.316. The summed E-state index contributed by atoms with van der Waals surface area (Å²) in [5.41, 5.74) is 6.86. The Morgan fingerprint density at radius 1 is 1.08 bits per heavy atom. The van der Waals surface area contributed by atoms with Crippen LogP contribution in [-0.4, -0.2) is 29.9 Å². The molecule has 3 rings (SSSR count). The van der Waals surface area contributed by atoms with Crippen LogP contribution in [-0.2, 0) is 17.4 Å². The van der Waals surface area contributed by atoms with E-state index in [1.807, 2.05) is 30.3 Å². The first kappa shape index (κ1) is 20.3. The van der Waals surface area contributed by atoms with Crippen molar-refractivity contribution in [3.8, 4) is 0 Å². The first-order valence-corrected chi connectivity index (χ1v) is 8.09. The van der Waals surface area contributed by atoms with Crippen molar-refractivity contribution in [2.24, 2.45) is 5.73 Å². The molecule has 0 unspecified atom stereocenters. The van der Waals surface area contributed by atoms with Crippen molar-refractivity contribution < 1.29 is 18.0 Å². The summed E-state index contributed by atoms with van der Waals surface area (Å²) in [6.07, 6.45) is -4.47. The van der Waals surface area contributed by atoms with Crippen molar-refractivity contribution in [1.29, 1.82) is 0 Å². The number of nitrogens with zero attached hydrogens (tertiary/aromatic N) is 1. The van der Waals surface area contributed by atoms with Crippen LogP contribution in [0.2, 0.25) is 0 Å². The van der Waals surface area contributed by atoms with Crippen LogP contribution in [0.3, 0.4) is 0 Å². The number of likely N-dealkylation sites (tertiary alicyclic amines) is 1. The molecule has 0 aromatic heterocycles. The van der Waals surface area contributed by atoms with Gasteiger partial charge in [0.2, 0.25) is 5.91 Å². The van der Waals surface area contributed by atoms with Crippen molar-refractivity contribution in [1.82, 2.24) is 4.90 Å². The van der Waals surface area contributed by atoms with Crippen LogP contribution >= 0.6 is 12.4 Å². The molecule has 1 heterocycles. The van der Waals surface area contributed by atoms with Crippen LogP contribution in [0.15, 0.2) is 54.6 Å². The number of benzene rings is 2. The molecule has 2 aromatic carbocycles. The van der Waals surface area contributed by atoms with Crippen LogP contribution in [0.1, 0.15) is 22.6 Å². The highest BCUT2D eigenvalue weighted by molar-refractivity contribution is 5.85. The van der Waals surface area contributed by atoms with Crippen molar-refractivity contribution in [3.63, 3.8) is 0 Å². The summed E-state index contributed by atoms with van der Waals surface area (Å²) in [4.78, 5) is 14.1. The summed E-state index contributed by atoms with van der Waals surface area (Å²) in [5, 5.41) is 0. The Kier molecular flexibility index (Phi) is 6.31. The zero-order valence-electron chi connectivity index (χ0n) is 13.9. The minimum Gasteiger partial charge on any atom is -0.340 e. The molecular weight excluding hydrogens is 365 g/mol. The number of alkyl halides is 3. The molecular formula is C19H20ClF3N2O. The third-order valence-corrected chi connectivity index (χ3v) is 4.56. The van der Waals surface area contributed by atoms with Gasteiger partial charge in [0.1, 0.15) is 0 Å². The average Bonchev–Trinajstić information content (AvgIpc) is 2.97. The van der Waals surface area contributed by atoms with Crippen molar-refractivity contribution in [2.45, 2.75) is 24.6 Å². The third kappa shape index (κ3) is 4.56. The Bertz CT molecular complexity index is 752. The first-order valence-electron chi connectivity index (χ1n) is 8.09. The van der Waals surface area contributed by atoms with Gasteiger partial charge in [-0.3, -0.25) is 4.79 Å². The van der Waals surface area contributed by atoms with Gasteiger partial charge >= 0.3 is 6.18 Å². The fourth-order valence-electron chi connectivity index (χ4n) is 3.23. The van der Waals surface area contributed by atoms with E-state index in [0.29, 0.717) is 18.7 Å². The molecule has 2 aromatic rings. The van der Waals surface area contributed by atoms with Gasteiger partial charge in [-0.05, 0) is 17.2 Å². The fourth-order valence-corrected chi connectivity index (χ4v) is 3.23. The van der Waals surface area contributed by atoms with Crippen LogP contribution < -0.4 is 5.73 Å². The van der Waals surface area contributed by atoms with Gasteiger partial charge < -0.3 is 10.6 Å². The molecule has 3 nitrogen and oxygen atoms in total. The summed E-state index contributed by atoms with van der Waals surface area (Å²) in [5.74, 6) is -0.153. The number of rotatable bonds is 3.